The number of aryl methyl sites for hydroxylation is 1. The molecule has 0 aliphatic rings. The Balaban J connectivity index is 2.25. The highest BCUT2D eigenvalue weighted by Crippen LogP contribution is 2.24. The third kappa shape index (κ3) is 2.55. The van der Waals surface area contributed by atoms with Gasteiger partial charge in [-0.25, -0.2) is 4.39 Å². The summed E-state index contributed by atoms with van der Waals surface area (Å²) in [7, 11) is 0. The quantitative estimate of drug-likeness (QED) is 0.917. The molecule has 1 heterocycles. The zero-order valence-corrected chi connectivity index (χ0v) is 10.5. The van der Waals surface area contributed by atoms with Gasteiger partial charge in [-0.15, -0.1) is 0 Å². The Labute approximate surface area is 106 Å². The molecule has 0 saturated heterocycles. The molecule has 1 aromatic heterocycles. The zero-order chi connectivity index (χ0) is 12.4. The zero-order valence-electron chi connectivity index (χ0n) is 8.96. The third-order valence-electron chi connectivity index (χ3n) is 2.26. The Bertz CT molecular complexity index is 552. The van der Waals surface area contributed by atoms with Crippen molar-refractivity contribution in [2.75, 3.05) is 5.32 Å². The van der Waals surface area contributed by atoms with Gasteiger partial charge in [-0.1, -0.05) is 0 Å². The first kappa shape index (κ1) is 11.9. The fourth-order valence-corrected chi connectivity index (χ4v) is 1.72. The normalized spacial score (nSPS) is 10.3. The highest BCUT2D eigenvalue weighted by atomic mass is 79.9. The number of nitrogens with one attached hydrogen (secondary N) is 1. The average Bonchev–Trinajstić information content (AvgIpc) is 2.79. The van der Waals surface area contributed by atoms with Crippen molar-refractivity contribution in [2.24, 2.45) is 0 Å². The van der Waals surface area contributed by atoms with Crippen LogP contribution in [-0.4, -0.2) is 5.91 Å². The second-order valence-electron chi connectivity index (χ2n) is 3.51. The maximum Gasteiger partial charge on any atom is 0.291 e. The second kappa shape index (κ2) is 4.71. The number of carbonyl (C=O) groups excluding carboxylic acids is 1. The molecule has 2 rings (SSSR count). The maximum atomic E-state index is 13.2. The summed E-state index contributed by atoms with van der Waals surface area (Å²) in [5.74, 6) is -0.514. The van der Waals surface area contributed by atoms with Crippen molar-refractivity contribution >= 4 is 27.5 Å². The van der Waals surface area contributed by atoms with E-state index in [1.54, 1.807) is 19.1 Å². The van der Waals surface area contributed by atoms with Gasteiger partial charge in [0.1, 0.15) is 5.82 Å². The molecule has 1 amide bonds. The van der Waals surface area contributed by atoms with Crippen molar-refractivity contribution in [3.8, 4) is 0 Å². The molecule has 0 aliphatic carbocycles. The summed E-state index contributed by atoms with van der Waals surface area (Å²) in [6.07, 6.45) is 1.42. The molecule has 17 heavy (non-hydrogen) atoms. The predicted octanol–water partition coefficient (Wildman–Crippen LogP) is 3.74. The SMILES string of the molecule is Cc1cc(F)c(Br)cc1NC(=O)c1ccco1. The number of halogens is 2. The predicted molar refractivity (Wildman–Crippen MR) is 65.5 cm³/mol. The number of benzene rings is 1. The Morgan fingerprint density at radius 3 is 2.88 bits per heavy atom. The summed E-state index contributed by atoms with van der Waals surface area (Å²) in [6.45, 7) is 1.72. The van der Waals surface area contributed by atoms with Crippen LogP contribution >= 0.6 is 15.9 Å². The molecule has 1 N–H and O–H groups in total. The molecule has 0 fully saturated rings. The van der Waals surface area contributed by atoms with E-state index < -0.39 is 0 Å². The van der Waals surface area contributed by atoms with E-state index in [-0.39, 0.29) is 17.5 Å². The molecular weight excluding hydrogens is 289 g/mol. The van der Waals surface area contributed by atoms with Gasteiger partial charge < -0.3 is 9.73 Å². The van der Waals surface area contributed by atoms with Crippen molar-refractivity contribution in [3.05, 3.63) is 52.1 Å². The fraction of sp³-hybridized carbons (Fsp3) is 0.0833. The topological polar surface area (TPSA) is 42.2 Å². The van der Waals surface area contributed by atoms with Crippen LogP contribution in [0.3, 0.4) is 0 Å². The summed E-state index contributed by atoms with van der Waals surface area (Å²) in [6, 6.07) is 6.05. The molecule has 5 heteroatoms. The number of hydrogen-bond donors (Lipinski definition) is 1. The van der Waals surface area contributed by atoms with E-state index in [1.807, 2.05) is 0 Å². The molecule has 0 atom stereocenters. The molecule has 0 saturated carbocycles. The van der Waals surface area contributed by atoms with Crippen LogP contribution in [0.5, 0.6) is 0 Å². The van der Waals surface area contributed by atoms with E-state index in [4.69, 9.17) is 4.42 Å². The third-order valence-corrected chi connectivity index (χ3v) is 2.87. The highest BCUT2D eigenvalue weighted by Gasteiger charge is 2.11. The minimum atomic E-state index is -0.364. The molecule has 2 aromatic rings. The van der Waals surface area contributed by atoms with E-state index in [2.05, 4.69) is 21.2 Å². The molecular formula is C12H9BrFNO2. The first-order valence-electron chi connectivity index (χ1n) is 4.88. The van der Waals surface area contributed by atoms with E-state index in [1.165, 1.54) is 18.4 Å². The summed E-state index contributed by atoms with van der Waals surface area (Å²) in [5, 5.41) is 2.65. The van der Waals surface area contributed by atoms with Gasteiger partial charge in [0.15, 0.2) is 5.76 Å². The number of hydrogen-bond acceptors (Lipinski definition) is 2. The lowest BCUT2D eigenvalue weighted by atomic mass is 10.2. The Morgan fingerprint density at radius 2 is 2.24 bits per heavy atom. The standard InChI is InChI=1S/C12H9BrFNO2/c1-7-5-9(14)8(13)6-10(7)15-12(16)11-3-2-4-17-11/h2-6H,1H3,(H,15,16). The molecule has 1 aromatic carbocycles. The fourth-order valence-electron chi connectivity index (χ4n) is 1.37. The second-order valence-corrected chi connectivity index (χ2v) is 4.37. The van der Waals surface area contributed by atoms with E-state index in [9.17, 15) is 9.18 Å². The van der Waals surface area contributed by atoms with Crippen molar-refractivity contribution in [1.82, 2.24) is 0 Å². The Hall–Kier alpha value is -1.62. The minimum Gasteiger partial charge on any atom is -0.459 e. The number of furan rings is 1. The highest BCUT2D eigenvalue weighted by molar-refractivity contribution is 9.10. The molecule has 0 unspecified atom stereocenters. The molecule has 0 aliphatic heterocycles. The van der Waals surface area contributed by atoms with E-state index in [0.29, 0.717) is 15.7 Å². The van der Waals surface area contributed by atoms with E-state index >= 15 is 0 Å². The number of anilines is 1. The van der Waals surface area contributed by atoms with Gasteiger partial charge in [0, 0.05) is 5.69 Å². The van der Waals surface area contributed by atoms with Crippen LogP contribution in [0.25, 0.3) is 0 Å². The lowest BCUT2D eigenvalue weighted by Crippen LogP contribution is -2.12. The van der Waals surface area contributed by atoms with Crippen LogP contribution in [0.2, 0.25) is 0 Å². The van der Waals surface area contributed by atoms with Gasteiger partial charge in [0.25, 0.3) is 5.91 Å². The first-order chi connectivity index (χ1) is 8.08. The average molecular weight is 298 g/mol. The summed E-state index contributed by atoms with van der Waals surface area (Å²) in [5.41, 5.74) is 1.19. The largest absolute Gasteiger partial charge is 0.459 e. The van der Waals surface area contributed by atoms with Gasteiger partial charge in [-0.2, -0.15) is 0 Å². The van der Waals surface area contributed by atoms with Gasteiger partial charge in [-0.05, 0) is 52.7 Å². The number of carbonyl (C=O) groups is 1. The lowest BCUT2D eigenvalue weighted by molar-refractivity contribution is 0.0996. The van der Waals surface area contributed by atoms with Crippen LogP contribution in [0, 0.1) is 12.7 Å². The van der Waals surface area contributed by atoms with Crippen LogP contribution in [0.4, 0.5) is 10.1 Å². The van der Waals surface area contributed by atoms with Gasteiger partial charge in [0.05, 0.1) is 10.7 Å². The minimum absolute atomic E-state index is 0.213. The van der Waals surface area contributed by atoms with Crippen molar-refractivity contribution < 1.29 is 13.6 Å². The van der Waals surface area contributed by atoms with Crippen molar-refractivity contribution in [1.29, 1.82) is 0 Å². The van der Waals surface area contributed by atoms with Crippen LogP contribution < -0.4 is 5.32 Å². The summed E-state index contributed by atoms with van der Waals surface area (Å²) >= 11 is 3.07. The van der Waals surface area contributed by atoms with Crippen molar-refractivity contribution in [2.45, 2.75) is 6.92 Å². The number of amides is 1. The molecule has 0 spiro atoms. The van der Waals surface area contributed by atoms with Crippen LogP contribution in [0.1, 0.15) is 16.1 Å². The molecule has 3 nitrogen and oxygen atoms in total. The van der Waals surface area contributed by atoms with Crippen molar-refractivity contribution in [3.63, 3.8) is 0 Å². The first-order valence-corrected chi connectivity index (χ1v) is 5.67. The molecule has 0 bridgehead atoms. The monoisotopic (exact) mass is 297 g/mol. The smallest absolute Gasteiger partial charge is 0.291 e. The lowest BCUT2D eigenvalue weighted by Gasteiger charge is -2.08. The Morgan fingerprint density at radius 1 is 1.47 bits per heavy atom. The molecule has 88 valence electrons. The Kier molecular flexibility index (Phi) is 3.28. The number of rotatable bonds is 2. The van der Waals surface area contributed by atoms with Gasteiger partial charge in [-0.3, -0.25) is 4.79 Å². The summed E-state index contributed by atoms with van der Waals surface area (Å²) < 4.78 is 18.5. The van der Waals surface area contributed by atoms with Gasteiger partial charge in [0.2, 0.25) is 0 Å². The van der Waals surface area contributed by atoms with Crippen LogP contribution in [0.15, 0.2) is 39.4 Å². The summed E-state index contributed by atoms with van der Waals surface area (Å²) in [4.78, 5) is 11.7. The van der Waals surface area contributed by atoms with Crippen LogP contribution in [-0.2, 0) is 0 Å². The maximum absolute atomic E-state index is 13.2. The molecule has 0 radical (unpaired) electrons. The van der Waals surface area contributed by atoms with E-state index in [0.717, 1.165) is 0 Å². The van der Waals surface area contributed by atoms with Gasteiger partial charge >= 0.3 is 0 Å².